The van der Waals surface area contributed by atoms with Crippen molar-refractivity contribution >= 4 is 17.5 Å². The van der Waals surface area contributed by atoms with Gasteiger partial charge in [0.25, 0.3) is 0 Å². The Hall–Kier alpha value is -1.78. The van der Waals surface area contributed by atoms with Crippen LogP contribution in [0.2, 0.25) is 0 Å². The number of imide groups is 1. The summed E-state index contributed by atoms with van der Waals surface area (Å²) in [6.45, 7) is 0. The fourth-order valence-electron chi connectivity index (χ4n) is 5.46. The Balaban J connectivity index is 1.59. The van der Waals surface area contributed by atoms with E-state index in [1.54, 1.807) is 0 Å². The molecule has 0 spiro atoms. The summed E-state index contributed by atoms with van der Waals surface area (Å²) < 4.78 is 26.9. The van der Waals surface area contributed by atoms with Gasteiger partial charge in [-0.15, -0.1) is 0 Å². The minimum atomic E-state index is -0.767. The first-order valence-corrected chi connectivity index (χ1v) is 7.90. The Kier molecular flexibility index (Phi) is 2.28. The summed E-state index contributed by atoms with van der Waals surface area (Å²) in [6.07, 6.45) is 3.17. The van der Waals surface area contributed by atoms with Crippen LogP contribution in [0.15, 0.2) is 18.2 Å². The standard InChI is InChI=1S/C17H15F2NO2/c18-7-3-8(19)5-9(4-7)20-16(21)14-10-1-2-11(13-6-12(10)13)15(14)17(20)22/h3-5,10-15H,1-2,6H2/t10-,11+,12-,13+,14-,15+. The topological polar surface area (TPSA) is 37.4 Å². The van der Waals surface area contributed by atoms with Crippen LogP contribution >= 0.6 is 0 Å². The molecule has 0 N–H and O–H groups in total. The van der Waals surface area contributed by atoms with Crippen LogP contribution in [0.5, 0.6) is 0 Å². The van der Waals surface area contributed by atoms with Crippen LogP contribution in [0.25, 0.3) is 0 Å². The summed E-state index contributed by atoms with van der Waals surface area (Å²) >= 11 is 0. The number of anilines is 1. The third-order valence-electron chi connectivity index (χ3n) is 6.25. The van der Waals surface area contributed by atoms with Gasteiger partial charge in [0.1, 0.15) is 11.6 Å². The van der Waals surface area contributed by atoms with Crippen molar-refractivity contribution < 1.29 is 18.4 Å². The van der Waals surface area contributed by atoms with Gasteiger partial charge in [0, 0.05) is 6.07 Å². The molecule has 1 aromatic carbocycles. The molecular weight excluding hydrogens is 288 g/mol. The molecule has 2 bridgehead atoms. The third kappa shape index (κ3) is 1.44. The molecular formula is C17H15F2NO2. The number of hydrogen-bond acceptors (Lipinski definition) is 2. The molecule has 5 fully saturated rings. The second-order valence-corrected chi connectivity index (χ2v) is 7.16. The SMILES string of the molecule is O=C1[C@@H]2[C@@H]3CC[C@@H]([C@@H]4C[C@@H]43)[C@@H]2C(=O)N1c1cc(F)cc(F)c1. The molecule has 6 atom stereocenters. The van der Waals surface area contributed by atoms with E-state index < -0.39 is 11.6 Å². The molecule has 1 aliphatic heterocycles. The first-order valence-electron chi connectivity index (χ1n) is 7.90. The number of hydrogen-bond donors (Lipinski definition) is 0. The maximum atomic E-state index is 13.5. The van der Waals surface area contributed by atoms with Crippen molar-refractivity contribution in [2.75, 3.05) is 4.90 Å². The number of benzene rings is 1. The fourth-order valence-corrected chi connectivity index (χ4v) is 5.46. The third-order valence-corrected chi connectivity index (χ3v) is 6.25. The molecule has 0 radical (unpaired) electrons. The summed E-state index contributed by atoms with van der Waals surface area (Å²) in [4.78, 5) is 26.6. The molecule has 6 rings (SSSR count). The van der Waals surface area contributed by atoms with Crippen molar-refractivity contribution in [2.45, 2.75) is 19.3 Å². The first kappa shape index (κ1) is 12.7. The highest BCUT2D eigenvalue weighted by molar-refractivity contribution is 6.22. The van der Waals surface area contributed by atoms with Crippen LogP contribution in [-0.4, -0.2) is 11.8 Å². The van der Waals surface area contributed by atoms with Gasteiger partial charge in [0.05, 0.1) is 17.5 Å². The van der Waals surface area contributed by atoms with E-state index in [1.807, 2.05) is 0 Å². The zero-order chi connectivity index (χ0) is 15.2. The van der Waals surface area contributed by atoms with E-state index >= 15 is 0 Å². The highest BCUT2D eigenvalue weighted by Gasteiger charge is 2.68. The van der Waals surface area contributed by atoms with Crippen molar-refractivity contribution in [3.8, 4) is 0 Å². The maximum Gasteiger partial charge on any atom is 0.237 e. The lowest BCUT2D eigenvalue weighted by Gasteiger charge is -2.42. The Bertz CT molecular complexity index is 664. The largest absolute Gasteiger partial charge is 0.274 e. The fraction of sp³-hybridized carbons (Fsp3) is 0.529. The van der Waals surface area contributed by atoms with Crippen LogP contribution in [-0.2, 0) is 9.59 Å². The average Bonchev–Trinajstić information content (AvgIpc) is 3.23. The molecule has 1 heterocycles. The van der Waals surface area contributed by atoms with Gasteiger partial charge in [0.2, 0.25) is 11.8 Å². The zero-order valence-electron chi connectivity index (χ0n) is 11.8. The molecule has 5 heteroatoms. The summed E-state index contributed by atoms with van der Waals surface area (Å²) in [5.41, 5.74) is 0.0370. The van der Waals surface area contributed by atoms with Crippen molar-refractivity contribution in [1.82, 2.24) is 0 Å². The first-order chi connectivity index (χ1) is 10.6. The molecule has 5 aliphatic rings. The number of amides is 2. The van der Waals surface area contributed by atoms with E-state index in [-0.39, 0.29) is 29.3 Å². The molecule has 1 aromatic rings. The zero-order valence-corrected chi connectivity index (χ0v) is 11.8. The van der Waals surface area contributed by atoms with Crippen molar-refractivity contribution in [2.24, 2.45) is 35.5 Å². The van der Waals surface area contributed by atoms with Crippen molar-refractivity contribution in [1.29, 1.82) is 0 Å². The van der Waals surface area contributed by atoms with Gasteiger partial charge in [-0.25, -0.2) is 13.7 Å². The van der Waals surface area contributed by atoms with Gasteiger partial charge in [-0.3, -0.25) is 9.59 Å². The number of fused-ring (bicyclic) bond motifs is 1. The average molecular weight is 303 g/mol. The van der Waals surface area contributed by atoms with Gasteiger partial charge in [-0.1, -0.05) is 0 Å². The predicted molar refractivity (Wildman–Crippen MR) is 73.6 cm³/mol. The summed E-state index contributed by atoms with van der Waals surface area (Å²) in [5.74, 6) is -0.781. The van der Waals surface area contributed by atoms with E-state index in [4.69, 9.17) is 0 Å². The maximum absolute atomic E-state index is 13.5. The van der Waals surface area contributed by atoms with E-state index in [0.29, 0.717) is 23.7 Å². The van der Waals surface area contributed by atoms with Crippen LogP contribution in [0.3, 0.4) is 0 Å². The Labute approximate surface area is 126 Å². The number of rotatable bonds is 1. The second-order valence-electron chi connectivity index (χ2n) is 7.16. The van der Waals surface area contributed by atoms with Gasteiger partial charge < -0.3 is 0 Å². The highest BCUT2D eigenvalue weighted by Crippen LogP contribution is 2.68. The Morgan fingerprint density at radius 1 is 0.818 bits per heavy atom. The minimum Gasteiger partial charge on any atom is -0.274 e. The van der Waals surface area contributed by atoms with Crippen molar-refractivity contribution in [3.05, 3.63) is 29.8 Å². The smallest absolute Gasteiger partial charge is 0.237 e. The summed E-state index contributed by atoms with van der Waals surface area (Å²) in [6, 6.07) is 2.89. The van der Waals surface area contributed by atoms with E-state index in [1.165, 1.54) is 0 Å². The number of carbonyl (C=O) groups is 2. The van der Waals surface area contributed by atoms with Gasteiger partial charge in [-0.2, -0.15) is 0 Å². The molecule has 4 aliphatic carbocycles. The van der Waals surface area contributed by atoms with Gasteiger partial charge >= 0.3 is 0 Å². The molecule has 2 amide bonds. The lowest BCUT2D eigenvalue weighted by molar-refractivity contribution is -0.129. The van der Waals surface area contributed by atoms with E-state index in [2.05, 4.69) is 0 Å². The summed E-state index contributed by atoms with van der Waals surface area (Å²) in [7, 11) is 0. The molecule has 3 nitrogen and oxygen atoms in total. The Morgan fingerprint density at radius 3 is 1.82 bits per heavy atom. The predicted octanol–water partition coefficient (Wildman–Crippen LogP) is 2.75. The van der Waals surface area contributed by atoms with E-state index in [9.17, 15) is 18.4 Å². The highest BCUT2D eigenvalue weighted by atomic mass is 19.1. The lowest BCUT2D eigenvalue weighted by Crippen LogP contribution is -2.43. The number of halogens is 2. The van der Waals surface area contributed by atoms with Crippen LogP contribution in [0.4, 0.5) is 14.5 Å². The Morgan fingerprint density at radius 2 is 1.32 bits per heavy atom. The van der Waals surface area contributed by atoms with Gasteiger partial charge in [-0.05, 0) is 55.1 Å². The monoisotopic (exact) mass is 303 g/mol. The molecule has 1 saturated heterocycles. The number of nitrogens with zero attached hydrogens (tertiary/aromatic N) is 1. The van der Waals surface area contributed by atoms with Crippen molar-refractivity contribution in [3.63, 3.8) is 0 Å². The lowest BCUT2D eigenvalue weighted by atomic mass is 9.59. The van der Waals surface area contributed by atoms with Gasteiger partial charge in [0.15, 0.2) is 0 Å². The van der Waals surface area contributed by atoms with Crippen LogP contribution in [0.1, 0.15) is 19.3 Å². The minimum absolute atomic E-state index is 0.0370. The molecule has 4 saturated carbocycles. The second kappa shape index (κ2) is 3.94. The normalized spacial score (nSPS) is 41.6. The quantitative estimate of drug-likeness (QED) is 0.748. The molecule has 0 unspecified atom stereocenters. The molecule has 0 aromatic heterocycles. The van der Waals surface area contributed by atoms with Crippen LogP contribution in [0, 0.1) is 47.1 Å². The van der Waals surface area contributed by atoms with Crippen LogP contribution < -0.4 is 4.90 Å². The summed E-state index contributed by atoms with van der Waals surface area (Å²) in [5, 5.41) is 0. The number of carbonyl (C=O) groups excluding carboxylic acids is 2. The molecule has 114 valence electrons. The molecule has 22 heavy (non-hydrogen) atoms. The van der Waals surface area contributed by atoms with E-state index in [0.717, 1.165) is 42.4 Å².